The van der Waals surface area contributed by atoms with Crippen molar-refractivity contribution < 1.29 is 21.6 Å². The van der Waals surface area contributed by atoms with Gasteiger partial charge in [0.2, 0.25) is 15.9 Å². The van der Waals surface area contributed by atoms with Crippen LogP contribution in [0.1, 0.15) is 50.2 Å². The zero-order chi connectivity index (χ0) is 28.7. The molecule has 0 saturated carbocycles. The van der Waals surface area contributed by atoms with Gasteiger partial charge < -0.3 is 9.80 Å². The highest BCUT2D eigenvalue weighted by atomic mass is 35.5. The molecule has 1 spiro atoms. The number of likely N-dealkylation sites (tertiary alicyclic amines) is 2. The third-order valence-electron chi connectivity index (χ3n) is 9.22. The van der Waals surface area contributed by atoms with E-state index in [1.165, 1.54) is 11.8 Å². The van der Waals surface area contributed by atoms with Crippen LogP contribution in [0, 0.1) is 11.3 Å². The average Bonchev–Trinajstić information content (AvgIpc) is 3.48. The predicted octanol–water partition coefficient (Wildman–Crippen LogP) is 3.78. The van der Waals surface area contributed by atoms with Crippen molar-refractivity contribution in [1.82, 2.24) is 14.1 Å². The molecule has 0 bridgehead atoms. The van der Waals surface area contributed by atoms with Crippen molar-refractivity contribution in [3.8, 4) is 0 Å². The molecule has 2 aromatic carbocycles. The molecule has 8 nitrogen and oxygen atoms in total. The topological polar surface area (TPSA) is 95.1 Å². The Balaban J connectivity index is 0.00000387. The number of nitrogens with zero attached hydrogens (tertiary/aromatic N) is 3. The quantitative estimate of drug-likeness (QED) is 0.444. The SMILES string of the molecule is CC(C)S(=O)(=O)N1C[C@H](CN2CCC3(CC2)CCN(Cc2ccc(S(C)(=O)=O)cc2)C3=O)[C@@H](c2ccccc2)C1.Cl. The van der Waals surface area contributed by atoms with E-state index < -0.39 is 25.1 Å². The standard InChI is InChI=1S/C30H41N3O5S2.ClH/c1-23(2)40(37,38)33-21-26(28(22-33)25-7-5-4-6-8-25)20-31-16-13-30(14-17-31)15-18-32(29(30)34)19-24-9-11-27(12-10-24)39(3,35)36;/h4-12,23,26,28H,13-22H2,1-3H3;1H/t26-,28+;/m0./s1. The smallest absolute Gasteiger partial charge is 0.229 e. The van der Waals surface area contributed by atoms with Crippen LogP contribution in [0.4, 0.5) is 0 Å². The molecule has 1 amide bonds. The molecule has 226 valence electrons. The van der Waals surface area contributed by atoms with Gasteiger partial charge in [-0.25, -0.2) is 21.1 Å². The highest BCUT2D eigenvalue weighted by Crippen LogP contribution is 2.43. The molecule has 0 aromatic heterocycles. The summed E-state index contributed by atoms with van der Waals surface area (Å²) in [6.07, 6.45) is 3.66. The molecule has 3 aliphatic heterocycles. The van der Waals surface area contributed by atoms with Gasteiger partial charge in [-0.15, -0.1) is 12.4 Å². The minimum absolute atomic E-state index is 0. The number of hydrogen-bond donors (Lipinski definition) is 0. The maximum atomic E-state index is 13.6. The fourth-order valence-corrected chi connectivity index (χ4v) is 8.66. The van der Waals surface area contributed by atoms with Crippen LogP contribution in [-0.4, -0.2) is 87.6 Å². The first-order chi connectivity index (χ1) is 18.9. The van der Waals surface area contributed by atoms with Gasteiger partial charge in [0.05, 0.1) is 15.6 Å². The number of sulfone groups is 1. The lowest BCUT2D eigenvalue weighted by atomic mass is 9.76. The molecule has 3 aliphatic rings. The zero-order valence-corrected chi connectivity index (χ0v) is 26.6. The Kier molecular flexibility index (Phi) is 9.60. The molecule has 0 unspecified atom stereocenters. The minimum Gasteiger partial charge on any atom is -0.338 e. The van der Waals surface area contributed by atoms with E-state index in [2.05, 4.69) is 17.0 Å². The van der Waals surface area contributed by atoms with Gasteiger partial charge in [0.25, 0.3) is 0 Å². The number of carbonyl (C=O) groups is 1. The number of sulfonamides is 1. The second kappa shape index (κ2) is 12.3. The van der Waals surface area contributed by atoms with Crippen LogP contribution in [0.3, 0.4) is 0 Å². The summed E-state index contributed by atoms with van der Waals surface area (Å²) in [5.74, 6) is 0.565. The van der Waals surface area contributed by atoms with Crippen molar-refractivity contribution >= 4 is 38.2 Å². The van der Waals surface area contributed by atoms with E-state index in [-0.39, 0.29) is 40.5 Å². The van der Waals surface area contributed by atoms with E-state index in [1.807, 2.05) is 23.1 Å². The van der Waals surface area contributed by atoms with Crippen molar-refractivity contribution in [2.75, 3.05) is 45.5 Å². The van der Waals surface area contributed by atoms with Crippen LogP contribution in [0.25, 0.3) is 0 Å². The predicted molar refractivity (Wildman–Crippen MR) is 163 cm³/mol. The first kappa shape index (κ1) is 31.9. The number of halogens is 1. The third-order valence-corrected chi connectivity index (χ3v) is 12.6. The van der Waals surface area contributed by atoms with Crippen molar-refractivity contribution in [2.45, 2.75) is 55.7 Å². The molecule has 0 radical (unpaired) electrons. The summed E-state index contributed by atoms with van der Waals surface area (Å²) >= 11 is 0. The van der Waals surface area contributed by atoms with Crippen LogP contribution in [0.15, 0.2) is 59.5 Å². The van der Waals surface area contributed by atoms with Gasteiger partial charge in [-0.1, -0.05) is 42.5 Å². The molecule has 3 fully saturated rings. The molecular formula is C30H42ClN3O5S2. The Bertz CT molecular complexity index is 1420. The summed E-state index contributed by atoms with van der Waals surface area (Å²) in [4.78, 5) is 18.2. The molecule has 3 heterocycles. The molecule has 2 aromatic rings. The second-order valence-electron chi connectivity index (χ2n) is 12.2. The molecule has 5 rings (SSSR count). The first-order valence-electron chi connectivity index (χ1n) is 14.2. The van der Waals surface area contributed by atoms with Crippen LogP contribution >= 0.6 is 12.4 Å². The third kappa shape index (κ3) is 6.67. The lowest BCUT2D eigenvalue weighted by molar-refractivity contribution is -0.139. The van der Waals surface area contributed by atoms with E-state index in [1.54, 1.807) is 42.4 Å². The number of rotatable bonds is 8. The maximum Gasteiger partial charge on any atom is 0.229 e. The summed E-state index contributed by atoms with van der Waals surface area (Å²) in [5.41, 5.74) is 1.79. The molecule has 11 heteroatoms. The normalized spacial score (nSPS) is 23.8. The molecule has 2 atom stereocenters. The van der Waals surface area contributed by atoms with E-state index in [0.717, 1.165) is 44.5 Å². The lowest BCUT2D eigenvalue weighted by Crippen LogP contribution is -2.46. The maximum absolute atomic E-state index is 13.6. The van der Waals surface area contributed by atoms with Crippen LogP contribution in [-0.2, 0) is 31.2 Å². The van der Waals surface area contributed by atoms with E-state index in [0.29, 0.717) is 26.2 Å². The molecule has 0 aliphatic carbocycles. The lowest BCUT2D eigenvalue weighted by Gasteiger charge is -2.39. The Hall–Kier alpha value is -1.98. The Labute approximate surface area is 251 Å². The van der Waals surface area contributed by atoms with Gasteiger partial charge in [0.15, 0.2) is 9.84 Å². The number of benzene rings is 2. The highest BCUT2D eigenvalue weighted by Gasteiger charge is 2.49. The summed E-state index contributed by atoms with van der Waals surface area (Å²) in [5, 5.41) is -0.438. The van der Waals surface area contributed by atoms with Crippen LogP contribution in [0.2, 0.25) is 0 Å². The van der Waals surface area contributed by atoms with Crippen LogP contribution in [0.5, 0.6) is 0 Å². The molecule has 3 saturated heterocycles. The molecular weight excluding hydrogens is 582 g/mol. The number of piperidine rings is 1. The first-order valence-corrected chi connectivity index (χ1v) is 17.6. The monoisotopic (exact) mass is 623 g/mol. The van der Waals surface area contributed by atoms with Gasteiger partial charge in [-0.05, 0) is 75.4 Å². The summed E-state index contributed by atoms with van der Waals surface area (Å²) < 4.78 is 51.2. The van der Waals surface area contributed by atoms with Crippen molar-refractivity contribution in [1.29, 1.82) is 0 Å². The Morgan fingerprint density at radius 1 is 0.878 bits per heavy atom. The van der Waals surface area contributed by atoms with E-state index in [4.69, 9.17) is 0 Å². The molecule has 0 N–H and O–H groups in total. The average molecular weight is 624 g/mol. The fraction of sp³-hybridized carbons (Fsp3) is 0.567. The largest absolute Gasteiger partial charge is 0.338 e. The van der Waals surface area contributed by atoms with Gasteiger partial charge in [0, 0.05) is 44.9 Å². The van der Waals surface area contributed by atoms with Crippen LogP contribution < -0.4 is 0 Å². The summed E-state index contributed by atoms with van der Waals surface area (Å²) in [7, 11) is -6.57. The second-order valence-corrected chi connectivity index (χ2v) is 16.7. The van der Waals surface area contributed by atoms with Crippen molar-refractivity contribution in [2.24, 2.45) is 11.3 Å². The van der Waals surface area contributed by atoms with Crippen molar-refractivity contribution in [3.05, 3.63) is 65.7 Å². The van der Waals surface area contributed by atoms with Gasteiger partial charge >= 0.3 is 0 Å². The van der Waals surface area contributed by atoms with Crippen molar-refractivity contribution in [3.63, 3.8) is 0 Å². The van der Waals surface area contributed by atoms with E-state index in [9.17, 15) is 21.6 Å². The number of amides is 1. The molecule has 41 heavy (non-hydrogen) atoms. The number of carbonyl (C=O) groups excluding carboxylic acids is 1. The minimum atomic E-state index is -3.32. The van der Waals surface area contributed by atoms with Gasteiger partial charge in [0.1, 0.15) is 0 Å². The summed E-state index contributed by atoms with van der Waals surface area (Å²) in [6, 6.07) is 17.1. The van der Waals surface area contributed by atoms with Gasteiger partial charge in [-0.2, -0.15) is 0 Å². The zero-order valence-electron chi connectivity index (χ0n) is 24.1. The van der Waals surface area contributed by atoms with Gasteiger partial charge in [-0.3, -0.25) is 4.79 Å². The summed E-state index contributed by atoms with van der Waals surface area (Å²) in [6.45, 7) is 8.24. The number of hydrogen-bond acceptors (Lipinski definition) is 6. The fourth-order valence-electron chi connectivity index (χ4n) is 6.67. The Morgan fingerprint density at radius 3 is 2.07 bits per heavy atom. The highest BCUT2D eigenvalue weighted by molar-refractivity contribution is 7.90. The van der Waals surface area contributed by atoms with E-state index >= 15 is 0 Å². The Morgan fingerprint density at radius 2 is 1.49 bits per heavy atom.